The van der Waals surface area contributed by atoms with Crippen LogP contribution in [-0.4, -0.2) is 23.4 Å². The first-order valence-electron chi connectivity index (χ1n) is 9.46. The topological polar surface area (TPSA) is 36.7 Å². The van der Waals surface area contributed by atoms with Gasteiger partial charge >= 0.3 is 0 Å². The minimum absolute atomic E-state index is 0.0794. The molecule has 1 atom stereocenters. The Morgan fingerprint density at radius 2 is 2.11 bits per heavy atom. The van der Waals surface area contributed by atoms with Crippen molar-refractivity contribution in [2.75, 3.05) is 11.4 Å². The Bertz CT molecular complexity index is 990. The first kappa shape index (κ1) is 16.6. The molecule has 4 nitrogen and oxygen atoms in total. The van der Waals surface area contributed by atoms with Crippen LogP contribution in [0, 0.1) is 0 Å². The van der Waals surface area contributed by atoms with Gasteiger partial charge in [0, 0.05) is 29.7 Å². The van der Waals surface area contributed by atoms with Crippen molar-refractivity contribution in [2.45, 2.75) is 38.9 Å². The Labute approximate surface area is 163 Å². The molecule has 3 aromatic rings. The summed E-state index contributed by atoms with van der Waals surface area (Å²) in [6.45, 7) is 4.34. The lowest BCUT2D eigenvalue weighted by atomic mass is 10.1. The van der Waals surface area contributed by atoms with Crippen molar-refractivity contribution in [1.82, 2.24) is 4.90 Å². The largest absolute Gasteiger partial charge is 0.467 e. The molecule has 0 saturated carbocycles. The van der Waals surface area contributed by atoms with Crippen LogP contribution in [0.25, 0.3) is 0 Å². The maximum absolute atomic E-state index is 13.2. The number of fused-ring (bicyclic) bond motifs is 2. The maximum Gasteiger partial charge on any atom is 0.257 e. The Balaban J connectivity index is 1.38. The Morgan fingerprint density at radius 3 is 3.04 bits per heavy atom. The molecule has 138 valence electrons. The van der Waals surface area contributed by atoms with Crippen LogP contribution in [0.5, 0.6) is 0 Å². The number of furan rings is 1. The van der Waals surface area contributed by atoms with Gasteiger partial charge in [-0.3, -0.25) is 4.79 Å². The highest BCUT2D eigenvalue weighted by Gasteiger charge is 2.30. The van der Waals surface area contributed by atoms with E-state index in [4.69, 9.17) is 4.42 Å². The Morgan fingerprint density at radius 1 is 1.22 bits per heavy atom. The number of rotatable bonds is 3. The number of anilines is 1. The molecule has 1 amide bonds. The summed E-state index contributed by atoms with van der Waals surface area (Å²) in [5.74, 6) is 0.843. The molecule has 0 fully saturated rings. The molecular weight excluding hydrogens is 356 g/mol. The minimum atomic E-state index is 0.0794. The zero-order chi connectivity index (χ0) is 18.4. The van der Waals surface area contributed by atoms with Crippen molar-refractivity contribution in [3.05, 3.63) is 75.4 Å². The molecule has 0 N–H and O–H groups in total. The van der Waals surface area contributed by atoms with E-state index >= 15 is 0 Å². The number of hydrogen-bond acceptors (Lipinski definition) is 4. The number of nitrogens with zero attached hydrogens (tertiary/aromatic N) is 2. The lowest BCUT2D eigenvalue weighted by Gasteiger charge is -2.28. The van der Waals surface area contributed by atoms with Gasteiger partial charge in [-0.1, -0.05) is 18.2 Å². The van der Waals surface area contributed by atoms with Gasteiger partial charge in [0.2, 0.25) is 0 Å². The summed E-state index contributed by atoms with van der Waals surface area (Å²) < 4.78 is 5.77. The van der Waals surface area contributed by atoms with Gasteiger partial charge in [-0.2, -0.15) is 0 Å². The summed E-state index contributed by atoms with van der Waals surface area (Å²) >= 11 is 1.79. The van der Waals surface area contributed by atoms with Crippen molar-refractivity contribution in [3.63, 3.8) is 0 Å². The molecule has 2 aromatic heterocycles. The SMILES string of the molecule is CC1Cc2ccccc2N1Cc1occc1C(=O)N1CCc2sccc2C1. The van der Waals surface area contributed by atoms with E-state index in [1.54, 1.807) is 17.6 Å². The van der Waals surface area contributed by atoms with Crippen molar-refractivity contribution < 1.29 is 9.21 Å². The third kappa shape index (κ3) is 2.86. The second-order valence-electron chi connectivity index (χ2n) is 7.41. The average molecular weight is 378 g/mol. The Hall–Kier alpha value is -2.53. The number of carbonyl (C=O) groups is 1. The monoisotopic (exact) mass is 378 g/mol. The zero-order valence-electron chi connectivity index (χ0n) is 15.4. The van der Waals surface area contributed by atoms with E-state index in [0.29, 0.717) is 24.7 Å². The van der Waals surface area contributed by atoms with Crippen LogP contribution < -0.4 is 4.90 Å². The van der Waals surface area contributed by atoms with Gasteiger partial charge in [0.25, 0.3) is 5.91 Å². The molecule has 2 aliphatic heterocycles. The number of hydrogen-bond donors (Lipinski definition) is 0. The van der Waals surface area contributed by atoms with Crippen molar-refractivity contribution in [1.29, 1.82) is 0 Å². The van der Waals surface area contributed by atoms with Crippen LogP contribution in [0.2, 0.25) is 0 Å². The summed E-state index contributed by atoms with van der Waals surface area (Å²) in [7, 11) is 0. The number of para-hydroxylation sites is 1. The van der Waals surface area contributed by atoms with E-state index in [1.807, 2.05) is 11.0 Å². The minimum Gasteiger partial charge on any atom is -0.467 e. The molecule has 0 spiro atoms. The molecule has 5 heteroatoms. The van der Waals surface area contributed by atoms with Crippen molar-refractivity contribution in [3.8, 4) is 0 Å². The summed E-state index contributed by atoms with van der Waals surface area (Å²) in [5, 5.41) is 2.12. The zero-order valence-corrected chi connectivity index (χ0v) is 16.2. The van der Waals surface area contributed by atoms with Crippen LogP contribution in [0.4, 0.5) is 5.69 Å². The van der Waals surface area contributed by atoms with Gasteiger partial charge < -0.3 is 14.2 Å². The summed E-state index contributed by atoms with van der Waals surface area (Å²) in [5.41, 5.74) is 4.60. The number of carbonyl (C=O) groups excluding carboxylic acids is 1. The molecule has 1 aromatic carbocycles. The molecule has 0 radical (unpaired) electrons. The van der Waals surface area contributed by atoms with E-state index in [-0.39, 0.29) is 5.91 Å². The molecule has 5 rings (SSSR count). The number of benzene rings is 1. The lowest BCUT2D eigenvalue weighted by molar-refractivity contribution is 0.0733. The summed E-state index contributed by atoms with van der Waals surface area (Å²) in [6.07, 6.45) is 3.63. The van der Waals surface area contributed by atoms with Gasteiger partial charge in [0.1, 0.15) is 5.76 Å². The second kappa shape index (κ2) is 6.57. The number of amides is 1. The average Bonchev–Trinajstić information content (AvgIpc) is 3.40. The second-order valence-corrected chi connectivity index (χ2v) is 8.41. The highest BCUT2D eigenvalue weighted by molar-refractivity contribution is 7.10. The number of thiophene rings is 1. The van der Waals surface area contributed by atoms with Crippen LogP contribution in [-0.2, 0) is 25.9 Å². The predicted octanol–water partition coefficient (Wildman–Crippen LogP) is 4.49. The maximum atomic E-state index is 13.2. The Kier molecular flexibility index (Phi) is 4.05. The third-order valence-corrected chi connectivity index (χ3v) is 6.76. The lowest BCUT2D eigenvalue weighted by Crippen LogP contribution is -2.36. The smallest absolute Gasteiger partial charge is 0.257 e. The predicted molar refractivity (Wildman–Crippen MR) is 107 cm³/mol. The molecule has 1 unspecified atom stereocenters. The van der Waals surface area contributed by atoms with Crippen LogP contribution in [0.15, 0.2) is 52.5 Å². The fourth-order valence-electron chi connectivity index (χ4n) is 4.27. The standard InChI is InChI=1S/C22H22N2O2S/c1-15-12-16-4-2-3-5-19(16)24(15)14-20-18(7-10-26-20)22(25)23-9-6-21-17(13-23)8-11-27-21/h2-5,7-8,10-11,15H,6,9,12-14H2,1H3. The van der Waals surface area contributed by atoms with E-state index in [0.717, 1.165) is 25.1 Å². The quantitative estimate of drug-likeness (QED) is 0.674. The van der Waals surface area contributed by atoms with E-state index in [1.165, 1.54) is 21.7 Å². The molecule has 0 aliphatic carbocycles. The molecule has 27 heavy (non-hydrogen) atoms. The van der Waals surface area contributed by atoms with Gasteiger partial charge in [-0.05, 0) is 54.5 Å². The first-order chi connectivity index (χ1) is 13.2. The van der Waals surface area contributed by atoms with Gasteiger partial charge in [-0.25, -0.2) is 0 Å². The van der Waals surface area contributed by atoms with Crippen LogP contribution >= 0.6 is 11.3 Å². The van der Waals surface area contributed by atoms with E-state index < -0.39 is 0 Å². The highest BCUT2D eigenvalue weighted by atomic mass is 32.1. The van der Waals surface area contributed by atoms with Crippen LogP contribution in [0.3, 0.4) is 0 Å². The third-order valence-electron chi connectivity index (χ3n) is 5.73. The molecule has 0 bridgehead atoms. The van der Waals surface area contributed by atoms with Gasteiger partial charge in [0.15, 0.2) is 0 Å². The van der Waals surface area contributed by atoms with Crippen molar-refractivity contribution in [2.24, 2.45) is 0 Å². The van der Waals surface area contributed by atoms with Crippen molar-refractivity contribution >= 4 is 22.9 Å². The summed E-state index contributed by atoms with van der Waals surface area (Å²) in [4.78, 5) is 18.9. The first-order valence-corrected chi connectivity index (χ1v) is 10.3. The molecular formula is C22H22N2O2S. The van der Waals surface area contributed by atoms with Crippen LogP contribution in [0.1, 0.15) is 39.0 Å². The highest BCUT2D eigenvalue weighted by Crippen LogP contribution is 2.34. The summed E-state index contributed by atoms with van der Waals surface area (Å²) in [6, 6.07) is 12.9. The molecule has 4 heterocycles. The fraction of sp³-hybridized carbons (Fsp3) is 0.318. The van der Waals surface area contributed by atoms with E-state index in [2.05, 4.69) is 47.5 Å². The van der Waals surface area contributed by atoms with Gasteiger partial charge in [0.05, 0.1) is 18.4 Å². The molecule has 2 aliphatic rings. The fourth-order valence-corrected chi connectivity index (χ4v) is 5.16. The normalized spacial score (nSPS) is 18.5. The van der Waals surface area contributed by atoms with E-state index in [9.17, 15) is 4.79 Å². The van der Waals surface area contributed by atoms with Gasteiger partial charge in [-0.15, -0.1) is 11.3 Å². The molecule has 0 saturated heterocycles.